The maximum atomic E-state index is 8.72. The standard InChI is InChI=1S/C12H15N.C4H10/c1-3-5-10(2)12-7-4-6-11(8-12)9-13;1-3-4-2/h4,6-8,10H,3,5H2,1-2H3;3-4H2,1-2H3. The van der Waals surface area contributed by atoms with Gasteiger partial charge in [-0.2, -0.15) is 5.26 Å². The highest BCUT2D eigenvalue weighted by Gasteiger charge is 2.03. The maximum absolute atomic E-state index is 8.72. The van der Waals surface area contributed by atoms with Gasteiger partial charge in [0.15, 0.2) is 0 Å². The van der Waals surface area contributed by atoms with E-state index < -0.39 is 0 Å². The van der Waals surface area contributed by atoms with Crippen LogP contribution in [0.3, 0.4) is 0 Å². The SMILES string of the molecule is CCCC.CCCC(C)c1cccc(C#N)c1. The Hall–Kier alpha value is -1.29. The lowest BCUT2D eigenvalue weighted by atomic mass is 9.95. The second-order valence-electron chi connectivity index (χ2n) is 4.43. The highest BCUT2D eigenvalue weighted by Crippen LogP contribution is 2.20. The summed E-state index contributed by atoms with van der Waals surface area (Å²) >= 11 is 0. The molecule has 0 fully saturated rings. The zero-order chi connectivity index (χ0) is 13.1. The molecule has 1 atom stereocenters. The summed E-state index contributed by atoms with van der Waals surface area (Å²) in [5.74, 6) is 0.568. The molecule has 0 saturated carbocycles. The smallest absolute Gasteiger partial charge is 0.0991 e. The van der Waals surface area contributed by atoms with E-state index in [1.165, 1.54) is 31.2 Å². The normalized spacial score (nSPS) is 11.0. The van der Waals surface area contributed by atoms with Crippen molar-refractivity contribution in [3.05, 3.63) is 35.4 Å². The van der Waals surface area contributed by atoms with Gasteiger partial charge in [0.2, 0.25) is 0 Å². The number of unbranched alkanes of at least 4 members (excludes halogenated alkanes) is 1. The van der Waals surface area contributed by atoms with Crippen LogP contribution in [0.1, 0.15) is 70.4 Å². The molecule has 1 heteroatoms. The van der Waals surface area contributed by atoms with Crippen LogP contribution < -0.4 is 0 Å². The van der Waals surface area contributed by atoms with Gasteiger partial charge in [-0.3, -0.25) is 0 Å². The molecule has 0 aromatic heterocycles. The third-order valence-electron chi connectivity index (χ3n) is 2.81. The van der Waals surface area contributed by atoms with Gasteiger partial charge in [0.1, 0.15) is 0 Å². The first-order valence-corrected chi connectivity index (χ1v) is 6.69. The summed E-state index contributed by atoms with van der Waals surface area (Å²) in [5.41, 5.74) is 2.04. The van der Waals surface area contributed by atoms with Crippen molar-refractivity contribution >= 4 is 0 Å². The Labute approximate surface area is 106 Å². The molecular weight excluding hydrogens is 206 g/mol. The first-order valence-electron chi connectivity index (χ1n) is 6.69. The van der Waals surface area contributed by atoms with Gasteiger partial charge in [0.25, 0.3) is 0 Å². The molecule has 0 heterocycles. The van der Waals surface area contributed by atoms with Crippen LogP contribution in [0, 0.1) is 11.3 Å². The van der Waals surface area contributed by atoms with Crippen molar-refractivity contribution in [1.29, 1.82) is 5.26 Å². The molecule has 1 aromatic carbocycles. The Bertz CT molecular complexity index is 334. The van der Waals surface area contributed by atoms with Gasteiger partial charge in [0, 0.05) is 0 Å². The third kappa shape index (κ3) is 6.79. The van der Waals surface area contributed by atoms with Crippen molar-refractivity contribution in [3.8, 4) is 6.07 Å². The molecule has 0 radical (unpaired) electrons. The molecule has 1 nitrogen and oxygen atoms in total. The zero-order valence-corrected chi connectivity index (χ0v) is 11.7. The fraction of sp³-hybridized carbons (Fsp3) is 0.562. The number of nitriles is 1. The minimum Gasteiger partial charge on any atom is -0.192 e. The van der Waals surface area contributed by atoms with Crippen molar-refractivity contribution in [2.75, 3.05) is 0 Å². The number of hydrogen-bond donors (Lipinski definition) is 0. The van der Waals surface area contributed by atoms with Gasteiger partial charge in [-0.15, -0.1) is 0 Å². The van der Waals surface area contributed by atoms with Crippen molar-refractivity contribution < 1.29 is 0 Å². The summed E-state index contributed by atoms with van der Waals surface area (Å²) in [6.07, 6.45) is 5.02. The molecular formula is C16H25N. The van der Waals surface area contributed by atoms with Crippen LogP contribution in [0.25, 0.3) is 0 Å². The Morgan fingerprint density at radius 2 is 1.76 bits per heavy atom. The lowest BCUT2D eigenvalue weighted by molar-refractivity contribution is 0.665. The summed E-state index contributed by atoms with van der Waals surface area (Å²) in [7, 11) is 0. The molecule has 1 rings (SSSR count). The van der Waals surface area contributed by atoms with Crippen molar-refractivity contribution in [3.63, 3.8) is 0 Å². The third-order valence-corrected chi connectivity index (χ3v) is 2.81. The summed E-state index contributed by atoms with van der Waals surface area (Å²) in [6.45, 7) is 8.75. The average Bonchev–Trinajstić information content (AvgIpc) is 2.39. The van der Waals surface area contributed by atoms with Gasteiger partial charge in [0.05, 0.1) is 11.6 Å². The lowest BCUT2D eigenvalue weighted by Crippen LogP contribution is -1.92. The van der Waals surface area contributed by atoms with Gasteiger partial charge in [-0.25, -0.2) is 0 Å². The van der Waals surface area contributed by atoms with Gasteiger partial charge < -0.3 is 0 Å². The molecule has 0 N–H and O–H groups in total. The highest BCUT2D eigenvalue weighted by molar-refractivity contribution is 5.34. The second kappa shape index (κ2) is 9.90. The van der Waals surface area contributed by atoms with Crippen LogP contribution in [0.2, 0.25) is 0 Å². The van der Waals surface area contributed by atoms with Crippen molar-refractivity contribution in [1.82, 2.24) is 0 Å². The fourth-order valence-electron chi connectivity index (χ4n) is 1.51. The van der Waals surface area contributed by atoms with Crippen LogP contribution in [0.4, 0.5) is 0 Å². The molecule has 1 aromatic rings. The molecule has 0 amide bonds. The first kappa shape index (κ1) is 15.7. The van der Waals surface area contributed by atoms with Crippen LogP contribution in [-0.4, -0.2) is 0 Å². The largest absolute Gasteiger partial charge is 0.192 e. The average molecular weight is 231 g/mol. The monoisotopic (exact) mass is 231 g/mol. The lowest BCUT2D eigenvalue weighted by Gasteiger charge is -2.09. The van der Waals surface area contributed by atoms with Crippen LogP contribution in [0.5, 0.6) is 0 Å². The van der Waals surface area contributed by atoms with Gasteiger partial charge in [-0.1, -0.05) is 59.1 Å². The number of nitrogens with zero attached hydrogens (tertiary/aromatic N) is 1. The summed E-state index contributed by atoms with van der Waals surface area (Å²) < 4.78 is 0. The van der Waals surface area contributed by atoms with E-state index in [1.54, 1.807) is 0 Å². The molecule has 0 aliphatic carbocycles. The molecule has 0 spiro atoms. The number of hydrogen-bond acceptors (Lipinski definition) is 1. The quantitative estimate of drug-likeness (QED) is 0.692. The molecule has 0 bridgehead atoms. The van der Waals surface area contributed by atoms with Crippen molar-refractivity contribution in [2.45, 2.75) is 59.3 Å². The van der Waals surface area contributed by atoms with E-state index in [0.29, 0.717) is 5.92 Å². The van der Waals surface area contributed by atoms with Crippen LogP contribution in [0.15, 0.2) is 24.3 Å². The topological polar surface area (TPSA) is 23.8 Å². The zero-order valence-electron chi connectivity index (χ0n) is 11.7. The van der Waals surface area contributed by atoms with E-state index >= 15 is 0 Å². The van der Waals surface area contributed by atoms with E-state index in [9.17, 15) is 0 Å². The van der Waals surface area contributed by atoms with E-state index in [-0.39, 0.29) is 0 Å². The number of benzene rings is 1. The first-order chi connectivity index (χ1) is 8.19. The Balaban J connectivity index is 0.000000557. The fourth-order valence-corrected chi connectivity index (χ4v) is 1.51. The Morgan fingerprint density at radius 1 is 1.12 bits per heavy atom. The second-order valence-corrected chi connectivity index (χ2v) is 4.43. The predicted octanol–water partition coefficient (Wildman–Crippen LogP) is 5.27. The minimum absolute atomic E-state index is 0.568. The van der Waals surface area contributed by atoms with Crippen LogP contribution >= 0.6 is 0 Å². The Kier molecular flexibility index (Phi) is 9.15. The summed E-state index contributed by atoms with van der Waals surface area (Å²) in [4.78, 5) is 0. The molecule has 1 unspecified atom stereocenters. The minimum atomic E-state index is 0.568. The molecule has 94 valence electrons. The maximum Gasteiger partial charge on any atom is 0.0991 e. The van der Waals surface area contributed by atoms with E-state index in [0.717, 1.165) is 5.56 Å². The van der Waals surface area contributed by atoms with Crippen LogP contribution in [-0.2, 0) is 0 Å². The molecule has 0 saturated heterocycles. The van der Waals surface area contributed by atoms with E-state index in [4.69, 9.17) is 5.26 Å². The number of rotatable bonds is 4. The Morgan fingerprint density at radius 3 is 2.24 bits per heavy atom. The molecule has 17 heavy (non-hydrogen) atoms. The summed E-state index contributed by atoms with van der Waals surface area (Å²) in [5, 5.41) is 8.72. The van der Waals surface area contributed by atoms with E-state index in [2.05, 4.69) is 39.8 Å². The molecule has 0 aliphatic rings. The predicted molar refractivity (Wildman–Crippen MR) is 75.1 cm³/mol. The van der Waals surface area contributed by atoms with Gasteiger partial charge >= 0.3 is 0 Å². The van der Waals surface area contributed by atoms with Crippen molar-refractivity contribution in [2.24, 2.45) is 0 Å². The molecule has 0 aliphatic heterocycles. The van der Waals surface area contributed by atoms with E-state index in [1.807, 2.05) is 18.2 Å². The summed E-state index contributed by atoms with van der Waals surface area (Å²) in [6, 6.07) is 10.1. The highest BCUT2D eigenvalue weighted by atomic mass is 14.2. The van der Waals surface area contributed by atoms with Gasteiger partial charge in [-0.05, 0) is 30.0 Å².